The molecular formula is C27H33FN2O3. The Labute approximate surface area is 195 Å². The fraction of sp³-hybridized carbons (Fsp3) is 0.519. The number of carboxylic acid groups (broad SMARTS) is 1. The SMILES string of the molecule is CCOc1ccc(-c2ccc3c(c2)CC(C)(C)[C@H]3N(C(=O)O)[C@@H]2CN3CCC2CC3)cc1F. The molecule has 3 saturated heterocycles. The van der Waals surface area contributed by atoms with E-state index in [1.54, 1.807) is 11.0 Å². The van der Waals surface area contributed by atoms with Gasteiger partial charge in [-0.1, -0.05) is 38.1 Å². The number of carbonyl (C=O) groups is 1. The number of ether oxygens (including phenoxy) is 1. The standard InChI is InChI=1S/C27H33FN2O3/c1-4-33-24-8-6-19(14-22(24)28)18-5-7-21-20(13-18)15-27(2,3)25(21)30(26(31)32)23-16-29-11-9-17(23)10-12-29/h5-8,13-14,17,23,25H,4,9-12,15-16H2,1-3H3,(H,31,32)/t23-,25+/m1/s1. The van der Waals surface area contributed by atoms with E-state index in [4.69, 9.17) is 4.74 Å². The Morgan fingerprint density at radius 1 is 1.18 bits per heavy atom. The van der Waals surface area contributed by atoms with Crippen LogP contribution in [0, 0.1) is 17.2 Å². The summed E-state index contributed by atoms with van der Waals surface area (Å²) in [6, 6.07) is 11.1. The second-order valence-electron chi connectivity index (χ2n) is 10.5. The Bertz CT molecular complexity index is 1060. The quantitative estimate of drug-likeness (QED) is 0.643. The van der Waals surface area contributed by atoms with Crippen molar-refractivity contribution in [2.24, 2.45) is 11.3 Å². The Kier molecular flexibility index (Phi) is 5.60. The minimum absolute atomic E-state index is 0.0418. The molecule has 3 fully saturated rings. The summed E-state index contributed by atoms with van der Waals surface area (Å²) in [4.78, 5) is 16.8. The van der Waals surface area contributed by atoms with Crippen molar-refractivity contribution in [3.63, 3.8) is 0 Å². The molecular weight excluding hydrogens is 419 g/mol. The lowest BCUT2D eigenvalue weighted by molar-refractivity contribution is -0.0267. The summed E-state index contributed by atoms with van der Waals surface area (Å²) in [5, 5.41) is 10.4. The molecule has 4 aliphatic rings. The van der Waals surface area contributed by atoms with Gasteiger partial charge in [0, 0.05) is 6.54 Å². The predicted octanol–water partition coefficient (Wildman–Crippen LogP) is 5.59. The fourth-order valence-electron chi connectivity index (χ4n) is 6.39. The Morgan fingerprint density at radius 3 is 2.48 bits per heavy atom. The molecule has 1 amide bonds. The number of halogens is 1. The van der Waals surface area contributed by atoms with E-state index in [1.165, 1.54) is 6.07 Å². The lowest BCUT2D eigenvalue weighted by atomic mass is 9.79. The maximum absolute atomic E-state index is 14.5. The largest absolute Gasteiger partial charge is 0.491 e. The Morgan fingerprint density at radius 2 is 1.88 bits per heavy atom. The summed E-state index contributed by atoms with van der Waals surface area (Å²) in [5.41, 5.74) is 3.78. The molecule has 0 saturated carbocycles. The molecule has 2 atom stereocenters. The second-order valence-corrected chi connectivity index (χ2v) is 10.5. The highest BCUT2D eigenvalue weighted by Gasteiger charge is 2.50. The first kappa shape index (κ1) is 22.2. The second kappa shape index (κ2) is 8.32. The molecule has 6 heteroatoms. The van der Waals surface area contributed by atoms with Crippen LogP contribution in [-0.4, -0.2) is 53.3 Å². The number of amides is 1. The van der Waals surface area contributed by atoms with Crippen LogP contribution in [0.4, 0.5) is 9.18 Å². The summed E-state index contributed by atoms with van der Waals surface area (Å²) < 4.78 is 19.8. The van der Waals surface area contributed by atoms with Crippen LogP contribution < -0.4 is 4.74 Å². The molecule has 2 aromatic carbocycles. The van der Waals surface area contributed by atoms with Crippen LogP contribution in [0.15, 0.2) is 36.4 Å². The average Bonchev–Trinajstić information content (AvgIpc) is 3.05. The van der Waals surface area contributed by atoms with Gasteiger partial charge in [0.05, 0.1) is 18.7 Å². The van der Waals surface area contributed by atoms with E-state index in [1.807, 2.05) is 19.1 Å². The van der Waals surface area contributed by atoms with Crippen LogP contribution >= 0.6 is 0 Å². The zero-order valence-corrected chi connectivity index (χ0v) is 19.7. The lowest BCUT2D eigenvalue weighted by Crippen LogP contribution is -2.60. The van der Waals surface area contributed by atoms with Crippen molar-refractivity contribution in [1.29, 1.82) is 0 Å². The number of hydrogen-bond donors (Lipinski definition) is 1. The van der Waals surface area contributed by atoms with Gasteiger partial charge in [-0.15, -0.1) is 0 Å². The van der Waals surface area contributed by atoms with Gasteiger partial charge in [-0.25, -0.2) is 9.18 Å². The summed E-state index contributed by atoms with van der Waals surface area (Å²) in [6.07, 6.45) is 2.14. The first-order valence-corrected chi connectivity index (χ1v) is 12.1. The number of hydrogen-bond acceptors (Lipinski definition) is 3. The number of benzene rings is 2. The van der Waals surface area contributed by atoms with Gasteiger partial charge in [0.1, 0.15) is 0 Å². The van der Waals surface area contributed by atoms with Crippen molar-refractivity contribution in [1.82, 2.24) is 9.80 Å². The summed E-state index contributed by atoms with van der Waals surface area (Å²) >= 11 is 0. The van der Waals surface area contributed by atoms with E-state index in [-0.39, 0.29) is 29.1 Å². The molecule has 5 nitrogen and oxygen atoms in total. The predicted molar refractivity (Wildman–Crippen MR) is 126 cm³/mol. The van der Waals surface area contributed by atoms with Crippen LogP contribution in [0.3, 0.4) is 0 Å². The van der Waals surface area contributed by atoms with Crippen LogP contribution in [0.25, 0.3) is 11.1 Å². The van der Waals surface area contributed by atoms with Crippen LogP contribution in [0.2, 0.25) is 0 Å². The van der Waals surface area contributed by atoms with E-state index in [0.29, 0.717) is 12.5 Å². The van der Waals surface area contributed by atoms with Gasteiger partial charge in [0.25, 0.3) is 0 Å². The number of piperidine rings is 3. The van der Waals surface area contributed by atoms with Crippen LogP contribution in [0.5, 0.6) is 5.75 Å². The van der Waals surface area contributed by atoms with Gasteiger partial charge in [-0.3, -0.25) is 4.90 Å². The van der Waals surface area contributed by atoms with Crippen molar-refractivity contribution in [3.8, 4) is 16.9 Å². The summed E-state index contributed by atoms with van der Waals surface area (Å²) in [5.74, 6) is 0.336. The fourth-order valence-corrected chi connectivity index (χ4v) is 6.39. The zero-order valence-electron chi connectivity index (χ0n) is 19.7. The van der Waals surface area contributed by atoms with Crippen LogP contribution in [-0.2, 0) is 6.42 Å². The molecule has 3 aliphatic heterocycles. The van der Waals surface area contributed by atoms with Crippen molar-refractivity contribution in [2.45, 2.75) is 52.1 Å². The molecule has 0 aromatic heterocycles. The van der Waals surface area contributed by atoms with Gasteiger partial charge in [0.15, 0.2) is 11.6 Å². The van der Waals surface area contributed by atoms with Crippen molar-refractivity contribution < 1.29 is 19.0 Å². The van der Waals surface area contributed by atoms with E-state index >= 15 is 0 Å². The third-order valence-corrected chi connectivity index (χ3v) is 7.87. The molecule has 0 radical (unpaired) electrons. The topological polar surface area (TPSA) is 53.0 Å². The van der Waals surface area contributed by atoms with Gasteiger partial charge in [0.2, 0.25) is 0 Å². The highest BCUT2D eigenvalue weighted by molar-refractivity contribution is 5.69. The average molecular weight is 453 g/mol. The molecule has 6 rings (SSSR count). The number of fused-ring (bicyclic) bond motifs is 4. The molecule has 0 spiro atoms. The maximum atomic E-state index is 14.5. The van der Waals surface area contributed by atoms with E-state index in [2.05, 4.69) is 30.9 Å². The van der Waals surface area contributed by atoms with Crippen molar-refractivity contribution in [2.75, 3.05) is 26.2 Å². The van der Waals surface area contributed by atoms with Crippen LogP contribution in [0.1, 0.15) is 50.8 Å². The highest BCUT2D eigenvalue weighted by atomic mass is 19.1. The van der Waals surface area contributed by atoms with Crippen molar-refractivity contribution >= 4 is 6.09 Å². The molecule has 176 valence electrons. The molecule has 1 aliphatic carbocycles. The monoisotopic (exact) mass is 452 g/mol. The normalized spacial score (nSPS) is 27.3. The molecule has 2 bridgehead atoms. The Hall–Kier alpha value is -2.60. The molecule has 0 unspecified atom stereocenters. The maximum Gasteiger partial charge on any atom is 0.408 e. The minimum atomic E-state index is -0.822. The van der Waals surface area contributed by atoms with E-state index < -0.39 is 6.09 Å². The van der Waals surface area contributed by atoms with Crippen molar-refractivity contribution in [3.05, 3.63) is 53.3 Å². The minimum Gasteiger partial charge on any atom is -0.491 e. The molecule has 2 aromatic rings. The molecule has 33 heavy (non-hydrogen) atoms. The summed E-state index contributed by atoms with van der Waals surface area (Å²) in [7, 11) is 0. The van der Waals surface area contributed by atoms with Gasteiger partial charge >= 0.3 is 6.09 Å². The first-order valence-electron chi connectivity index (χ1n) is 12.1. The summed E-state index contributed by atoms with van der Waals surface area (Å²) in [6.45, 7) is 9.61. The smallest absolute Gasteiger partial charge is 0.408 e. The molecule has 3 heterocycles. The third-order valence-electron chi connectivity index (χ3n) is 7.87. The van der Waals surface area contributed by atoms with Gasteiger partial charge in [-0.2, -0.15) is 0 Å². The Balaban J connectivity index is 1.49. The molecule has 1 N–H and O–H groups in total. The lowest BCUT2D eigenvalue weighted by Gasteiger charge is -2.51. The van der Waals surface area contributed by atoms with E-state index in [9.17, 15) is 14.3 Å². The van der Waals surface area contributed by atoms with Gasteiger partial charge in [-0.05, 0) is 85.0 Å². The van der Waals surface area contributed by atoms with E-state index in [0.717, 1.165) is 61.2 Å². The first-order chi connectivity index (χ1) is 15.8. The number of nitrogens with zero attached hydrogens (tertiary/aromatic N) is 2. The van der Waals surface area contributed by atoms with Gasteiger partial charge < -0.3 is 14.7 Å². The third kappa shape index (κ3) is 3.88. The highest BCUT2D eigenvalue weighted by Crippen LogP contribution is 2.51. The number of rotatable bonds is 5. The zero-order chi connectivity index (χ0) is 23.3.